The van der Waals surface area contributed by atoms with Crippen molar-refractivity contribution >= 4 is 23.4 Å². The smallest absolute Gasteiger partial charge is 0.250 e. The zero-order chi connectivity index (χ0) is 17.2. The number of hydrogen-bond acceptors (Lipinski definition) is 4. The molecule has 0 radical (unpaired) electrons. The van der Waals surface area contributed by atoms with Crippen molar-refractivity contribution in [2.45, 2.75) is 44.8 Å². The van der Waals surface area contributed by atoms with Crippen LogP contribution in [0.2, 0.25) is 0 Å². The number of likely N-dealkylation sites (tertiary alicyclic amines) is 1. The lowest BCUT2D eigenvalue weighted by Gasteiger charge is -2.30. The molecule has 3 amide bonds. The molecule has 0 unspecified atom stereocenters. The van der Waals surface area contributed by atoms with E-state index in [0.29, 0.717) is 12.1 Å². The van der Waals surface area contributed by atoms with Crippen LogP contribution in [0.1, 0.15) is 32.8 Å². The minimum Gasteiger partial charge on any atom is -0.324 e. The van der Waals surface area contributed by atoms with Crippen molar-refractivity contribution in [3.63, 3.8) is 0 Å². The van der Waals surface area contributed by atoms with Crippen LogP contribution in [0.4, 0.5) is 5.69 Å². The van der Waals surface area contributed by atoms with Crippen molar-refractivity contribution in [1.82, 2.24) is 10.2 Å². The third-order valence-corrected chi connectivity index (χ3v) is 5.84. The zero-order valence-corrected chi connectivity index (χ0v) is 14.0. The monoisotopic (exact) mass is 327 g/mol. The van der Waals surface area contributed by atoms with Gasteiger partial charge in [0.25, 0.3) is 0 Å². The Labute approximate surface area is 140 Å². The highest BCUT2D eigenvalue weighted by Gasteiger charge is 2.69. The second-order valence-electron chi connectivity index (χ2n) is 7.05. The lowest BCUT2D eigenvalue weighted by Crippen LogP contribution is -2.53. The van der Waals surface area contributed by atoms with Crippen LogP contribution in [0, 0.1) is 11.8 Å². The Kier molecular flexibility index (Phi) is 3.12. The Morgan fingerprint density at radius 2 is 1.92 bits per heavy atom. The van der Waals surface area contributed by atoms with E-state index in [0.717, 1.165) is 5.56 Å². The standard InChI is InChI=1S/C18H21N3O3/c1-4-9(2)21-15(22)13-10(3)20-18(14(13)16(21)23)11-7-5-6-8-12(11)19-17(18)24/h5-10,13-14,20H,4H2,1-3H3,(H,19,24)/t9-,10-,13-,14+,18-/m1/s1. The summed E-state index contributed by atoms with van der Waals surface area (Å²) in [5.74, 6) is -1.81. The molecule has 0 aromatic heterocycles. The Hall–Kier alpha value is -2.21. The van der Waals surface area contributed by atoms with E-state index in [1.54, 1.807) is 0 Å². The normalized spacial score (nSPS) is 35.4. The number of amides is 3. The molecule has 0 aliphatic carbocycles. The number of imide groups is 1. The predicted octanol–water partition coefficient (Wildman–Crippen LogP) is 1.23. The summed E-state index contributed by atoms with van der Waals surface area (Å²) in [4.78, 5) is 40.3. The lowest BCUT2D eigenvalue weighted by atomic mass is 9.76. The fraction of sp³-hybridized carbons (Fsp3) is 0.500. The summed E-state index contributed by atoms with van der Waals surface area (Å²) in [7, 11) is 0. The number of para-hydroxylation sites is 1. The van der Waals surface area contributed by atoms with E-state index in [1.165, 1.54) is 4.90 Å². The van der Waals surface area contributed by atoms with Crippen LogP contribution in [0.15, 0.2) is 24.3 Å². The number of fused-ring (bicyclic) bond motifs is 4. The highest BCUT2D eigenvalue weighted by Crippen LogP contribution is 2.52. The first-order valence-corrected chi connectivity index (χ1v) is 8.49. The molecule has 2 fully saturated rings. The van der Waals surface area contributed by atoms with Crippen LogP contribution in [-0.4, -0.2) is 34.7 Å². The topological polar surface area (TPSA) is 78.5 Å². The molecule has 1 spiro atoms. The highest BCUT2D eigenvalue weighted by atomic mass is 16.2. The van der Waals surface area contributed by atoms with E-state index in [2.05, 4.69) is 10.6 Å². The molecular weight excluding hydrogens is 306 g/mol. The van der Waals surface area contributed by atoms with E-state index in [4.69, 9.17) is 0 Å². The summed E-state index contributed by atoms with van der Waals surface area (Å²) < 4.78 is 0. The van der Waals surface area contributed by atoms with Crippen molar-refractivity contribution in [2.24, 2.45) is 11.8 Å². The molecule has 3 aliphatic rings. The largest absolute Gasteiger partial charge is 0.324 e. The van der Waals surface area contributed by atoms with Crippen molar-refractivity contribution in [1.29, 1.82) is 0 Å². The maximum Gasteiger partial charge on any atom is 0.250 e. The second-order valence-corrected chi connectivity index (χ2v) is 7.05. The molecule has 2 saturated heterocycles. The van der Waals surface area contributed by atoms with Gasteiger partial charge in [-0.2, -0.15) is 0 Å². The van der Waals surface area contributed by atoms with E-state index >= 15 is 0 Å². The highest BCUT2D eigenvalue weighted by molar-refractivity contribution is 6.15. The van der Waals surface area contributed by atoms with Gasteiger partial charge in [0.2, 0.25) is 17.7 Å². The lowest BCUT2D eigenvalue weighted by molar-refractivity contribution is -0.145. The average Bonchev–Trinajstić information content (AvgIpc) is 3.12. The van der Waals surface area contributed by atoms with Crippen molar-refractivity contribution in [3.05, 3.63) is 29.8 Å². The molecule has 126 valence electrons. The van der Waals surface area contributed by atoms with E-state index in [9.17, 15) is 14.4 Å². The molecule has 2 N–H and O–H groups in total. The maximum atomic E-state index is 13.1. The third-order valence-electron chi connectivity index (χ3n) is 5.84. The average molecular weight is 327 g/mol. The van der Waals surface area contributed by atoms with Crippen LogP contribution in [0.5, 0.6) is 0 Å². The number of benzene rings is 1. The van der Waals surface area contributed by atoms with Gasteiger partial charge < -0.3 is 5.32 Å². The molecule has 3 heterocycles. The van der Waals surface area contributed by atoms with E-state index in [-0.39, 0.29) is 29.8 Å². The molecule has 3 aliphatic heterocycles. The molecular formula is C18H21N3O3. The first-order chi connectivity index (χ1) is 11.4. The summed E-state index contributed by atoms with van der Waals surface area (Å²) in [5.41, 5.74) is 0.335. The van der Waals surface area contributed by atoms with Gasteiger partial charge in [-0.15, -0.1) is 0 Å². The Bertz CT molecular complexity index is 762. The summed E-state index contributed by atoms with van der Waals surface area (Å²) >= 11 is 0. The number of carbonyl (C=O) groups is 3. The van der Waals surface area contributed by atoms with Gasteiger partial charge >= 0.3 is 0 Å². The van der Waals surface area contributed by atoms with Gasteiger partial charge in [-0.1, -0.05) is 25.1 Å². The number of anilines is 1. The summed E-state index contributed by atoms with van der Waals surface area (Å²) in [6.45, 7) is 5.71. The summed E-state index contributed by atoms with van der Waals surface area (Å²) in [5, 5.41) is 6.17. The van der Waals surface area contributed by atoms with Crippen LogP contribution in [0.3, 0.4) is 0 Å². The van der Waals surface area contributed by atoms with Crippen molar-refractivity contribution in [3.8, 4) is 0 Å². The fourth-order valence-electron chi connectivity index (χ4n) is 4.56. The molecule has 0 saturated carbocycles. The Morgan fingerprint density at radius 3 is 2.62 bits per heavy atom. The molecule has 1 aromatic carbocycles. The molecule has 1 aromatic rings. The fourth-order valence-corrected chi connectivity index (χ4v) is 4.56. The van der Waals surface area contributed by atoms with E-state index < -0.39 is 17.4 Å². The summed E-state index contributed by atoms with van der Waals surface area (Å²) in [6.07, 6.45) is 0.703. The van der Waals surface area contributed by atoms with Crippen molar-refractivity contribution in [2.75, 3.05) is 5.32 Å². The van der Waals surface area contributed by atoms with Gasteiger partial charge in [-0.25, -0.2) is 0 Å². The first kappa shape index (κ1) is 15.3. The number of hydrogen-bond donors (Lipinski definition) is 2. The molecule has 0 bridgehead atoms. The van der Waals surface area contributed by atoms with Gasteiger partial charge in [-0.05, 0) is 26.3 Å². The first-order valence-electron chi connectivity index (χ1n) is 8.49. The molecule has 6 heteroatoms. The van der Waals surface area contributed by atoms with Crippen LogP contribution >= 0.6 is 0 Å². The number of nitrogens with one attached hydrogen (secondary N) is 2. The van der Waals surface area contributed by atoms with Crippen molar-refractivity contribution < 1.29 is 14.4 Å². The van der Waals surface area contributed by atoms with Gasteiger partial charge in [0.05, 0.1) is 11.8 Å². The predicted molar refractivity (Wildman–Crippen MR) is 87.9 cm³/mol. The number of nitrogens with zero attached hydrogens (tertiary/aromatic N) is 1. The Morgan fingerprint density at radius 1 is 1.21 bits per heavy atom. The van der Waals surface area contributed by atoms with E-state index in [1.807, 2.05) is 45.0 Å². The molecule has 6 nitrogen and oxygen atoms in total. The zero-order valence-electron chi connectivity index (χ0n) is 14.0. The molecule has 24 heavy (non-hydrogen) atoms. The van der Waals surface area contributed by atoms with Crippen LogP contribution in [0.25, 0.3) is 0 Å². The molecule has 4 rings (SSSR count). The number of rotatable bonds is 2. The Balaban J connectivity index is 1.88. The third kappa shape index (κ3) is 1.61. The van der Waals surface area contributed by atoms with Gasteiger partial charge in [0.15, 0.2) is 0 Å². The summed E-state index contributed by atoms with van der Waals surface area (Å²) in [6, 6.07) is 7.00. The van der Waals surface area contributed by atoms with Crippen LogP contribution in [-0.2, 0) is 19.9 Å². The SMILES string of the molecule is CC[C@@H](C)N1C(=O)[C@H]2[C@@H](C1=O)[C@@]1(N[C@@H]2C)C(=O)Nc2ccccc21. The number of carbonyl (C=O) groups excluding carboxylic acids is 3. The van der Waals surface area contributed by atoms with Gasteiger partial charge in [-0.3, -0.25) is 24.6 Å². The van der Waals surface area contributed by atoms with Gasteiger partial charge in [0.1, 0.15) is 5.54 Å². The second kappa shape index (κ2) is 4.89. The van der Waals surface area contributed by atoms with Gasteiger partial charge in [0, 0.05) is 23.3 Å². The van der Waals surface area contributed by atoms with Crippen LogP contribution < -0.4 is 10.6 Å². The quantitative estimate of drug-likeness (QED) is 0.801. The molecule has 5 atom stereocenters. The minimum absolute atomic E-state index is 0.153. The maximum absolute atomic E-state index is 13.1. The minimum atomic E-state index is -1.14.